The van der Waals surface area contributed by atoms with Gasteiger partial charge in [-0.2, -0.15) is 0 Å². The first-order chi connectivity index (χ1) is 14.0. The average Bonchev–Trinajstić information content (AvgIpc) is 2.75. The summed E-state index contributed by atoms with van der Waals surface area (Å²) in [6, 6.07) is 13.8. The van der Waals surface area contributed by atoms with E-state index in [9.17, 15) is 4.79 Å². The molecule has 0 spiro atoms. The SMILES string of the molecule is CC[NH+]1CCc2cc(OC)c(OC)cc2[C@H]1[C@H](NC(=O)c1ccccc1)C(C)C. The second-order valence-electron chi connectivity index (χ2n) is 8.00. The lowest BCUT2D eigenvalue weighted by molar-refractivity contribution is -0.934. The van der Waals surface area contributed by atoms with Gasteiger partial charge in [-0.05, 0) is 42.7 Å². The molecule has 2 aromatic rings. The number of fused-ring (bicyclic) bond motifs is 1. The molecule has 0 saturated carbocycles. The zero-order valence-corrected chi connectivity index (χ0v) is 18.1. The van der Waals surface area contributed by atoms with Gasteiger partial charge in [-0.25, -0.2) is 0 Å². The lowest BCUT2D eigenvalue weighted by Gasteiger charge is -2.40. The van der Waals surface area contributed by atoms with Crippen molar-refractivity contribution in [3.8, 4) is 11.5 Å². The van der Waals surface area contributed by atoms with Crippen molar-refractivity contribution >= 4 is 5.91 Å². The summed E-state index contributed by atoms with van der Waals surface area (Å²) in [7, 11) is 3.34. The van der Waals surface area contributed by atoms with E-state index < -0.39 is 0 Å². The second-order valence-corrected chi connectivity index (χ2v) is 8.00. The first kappa shape index (κ1) is 21.2. The summed E-state index contributed by atoms with van der Waals surface area (Å²) < 4.78 is 11.1. The smallest absolute Gasteiger partial charge is 0.251 e. The van der Waals surface area contributed by atoms with E-state index in [1.54, 1.807) is 14.2 Å². The fourth-order valence-corrected chi connectivity index (χ4v) is 4.42. The highest BCUT2D eigenvalue weighted by molar-refractivity contribution is 5.94. The van der Waals surface area contributed by atoms with E-state index in [4.69, 9.17) is 9.47 Å². The van der Waals surface area contributed by atoms with Gasteiger partial charge in [0.2, 0.25) is 0 Å². The van der Waals surface area contributed by atoms with Crippen molar-refractivity contribution in [1.82, 2.24) is 5.32 Å². The maximum atomic E-state index is 13.0. The standard InChI is InChI=1S/C24H32N2O3/c1-6-26-13-12-18-14-20(28-4)21(29-5)15-19(18)23(26)22(16(2)3)25-24(27)17-10-8-7-9-11-17/h7-11,14-16,22-23H,6,12-13H2,1-5H3,(H,25,27)/p+1/t22-,23+/m1/s1. The highest BCUT2D eigenvalue weighted by Crippen LogP contribution is 2.36. The molecule has 1 aliphatic heterocycles. The average molecular weight is 398 g/mol. The normalized spacial score (nSPS) is 19.4. The Morgan fingerprint density at radius 3 is 2.38 bits per heavy atom. The number of hydrogen-bond donors (Lipinski definition) is 2. The third-order valence-electron chi connectivity index (χ3n) is 6.00. The fraction of sp³-hybridized carbons (Fsp3) is 0.458. The predicted molar refractivity (Wildman–Crippen MR) is 115 cm³/mol. The van der Waals surface area contributed by atoms with E-state index in [2.05, 4.69) is 38.2 Å². The third-order valence-corrected chi connectivity index (χ3v) is 6.00. The maximum absolute atomic E-state index is 13.0. The van der Waals surface area contributed by atoms with E-state index >= 15 is 0 Å². The zero-order valence-electron chi connectivity index (χ0n) is 18.1. The van der Waals surface area contributed by atoms with E-state index in [0.29, 0.717) is 5.56 Å². The first-order valence-electron chi connectivity index (χ1n) is 10.4. The number of carbonyl (C=O) groups is 1. The molecule has 2 N–H and O–H groups in total. The number of hydrogen-bond acceptors (Lipinski definition) is 3. The topological polar surface area (TPSA) is 52.0 Å². The van der Waals surface area contributed by atoms with Crippen molar-refractivity contribution in [2.45, 2.75) is 39.3 Å². The van der Waals surface area contributed by atoms with Gasteiger partial charge in [0, 0.05) is 17.5 Å². The Kier molecular flexibility index (Phi) is 6.80. The minimum Gasteiger partial charge on any atom is -0.493 e. The van der Waals surface area contributed by atoms with Crippen LogP contribution in [0.15, 0.2) is 42.5 Å². The number of benzene rings is 2. The number of ether oxygens (including phenoxy) is 2. The van der Waals surface area contributed by atoms with E-state index in [0.717, 1.165) is 31.0 Å². The minimum absolute atomic E-state index is 0.00908. The largest absolute Gasteiger partial charge is 0.493 e. The molecule has 0 saturated heterocycles. The molecule has 0 aliphatic carbocycles. The van der Waals surface area contributed by atoms with Crippen molar-refractivity contribution in [2.75, 3.05) is 27.3 Å². The summed E-state index contributed by atoms with van der Waals surface area (Å²) in [4.78, 5) is 14.5. The number of nitrogens with one attached hydrogen (secondary N) is 2. The molecule has 0 radical (unpaired) electrons. The summed E-state index contributed by atoms with van der Waals surface area (Å²) in [5.41, 5.74) is 3.22. The second kappa shape index (κ2) is 9.31. The van der Waals surface area contributed by atoms with E-state index in [1.807, 2.05) is 30.3 Å². The highest BCUT2D eigenvalue weighted by Gasteiger charge is 2.39. The summed E-state index contributed by atoms with van der Waals surface area (Å²) in [5.74, 6) is 1.77. The molecule has 1 amide bonds. The van der Waals surface area contributed by atoms with Gasteiger partial charge < -0.3 is 19.7 Å². The molecule has 3 rings (SSSR count). The van der Waals surface area contributed by atoms with Gasteiger partial charge in [-0.1, -0.05) is 32.0 Å². The van der Waals surface area contributed by atoms with Gasteiger partial charge in [0.25, 0.3) is 5.91 Å². The molecule has 0 aromatic heterocycles. The molecule has 2 aromatic carbocycles. The Morgan fingerprint density at radius 1 is 1.14 bits per heavy atom. The van der Waals surface area contributed by atoms with Gasteiger partial charge in [-0.15, -0.1) is 0 Å². The Labute approximate surface area is 174 Å². The molecule has 1 unspecified atom stereocenters. The summed E-state index contributed by atoms with van der Waals surface area (Å²) in [5, 5.41) is 3.34. The van der Waals surface area contributed by atoms with Crippen molar-refractivity contribution in [3.05, 3.63) is 59.2 Å². The number of carbonyl (C=O) groups excluding carboxylic acids is 1. The van der Waals surface area contributed by atoms with Crippen LogP contribution in [-0.4, -0.2) is 39.3 Å². The molecule has 1 aliphatic rings. The van der Waals surface area contributed by atoms with Crippen LogP contribution in [0, 0.1) is 5.92 Å². The van der Waals surface area contributed by atoms with E-state index in [1.165, 1.54) is 16.0 Å². The quantitative estimate of drug-likeness (QED) is 0.755. The molecule has 1 heterocycles. The zero-order chi connectivity index (χ0) is 21.0. The summed E-state index contributed by atoms with van der Waals surface area (Å²) in [6.45, 7) is 8.61. The third kappa shape index (κ3) is 4.40. The summed E-state index contributed by atoms with van der Waals surface area (Å²) in [6.07, 6.45) is 0.993. The van der Waals surface area contributed by atoms with Crippen molar-refractivity contribution in [2.24, 2.45) is 5.92 Å². The van der Waals surface area contributed by atoms with Crippen LogP contribution in [0.25, 0.3) is 0 Å². The monoisotopic (exact) mass is 397 g/mol. The number of quaternary nitrogens is 1. The van der Waals surface area contributed by atoms with Gasteiger partial charge in [-0.3, -0.25) is 4.79 Å². The highest BCUT2D eigenvalue weighted by atomic mass is 16.5. The van der Waals surface area contributed by atoms with Crippen molar-refractivity contribution < 1.29 is 19.2 Å². The molecule has 3 atom stereocenters. The Bertz CT molecular complexity index is 836. The molecule has 0 fully saturated rings. The molecule has 29 heavy (non-hydrogen) atoms. The van der Waals surface area contributed by atoms with Gasteiger partial charge in [0.15, 0.2) is 11.5 Å². The van der Waals surface area contributed by atoms with Crippen LogP contribution in [0.5, 0.6) is 11.5 Å². The van der Waals surface area contributed by atoms with E-state index in [-0.39, 0.29) is 23.9 Å². The number of methoxy groups -OCH3 is 2. The molecular formula is C24H33N2O3+. The summed E-state index contributed by atoms with van der Waals surface area (Å²) >= 11 is 0. The van der Waals surface area contributed by atoms with Crippen LogP contribution in [0.4, 0.5) is 0 Å². The molecular weight excluding hydrogens is 364 g/mol. The molecule has 156 valence electrons. The predicted octanol–water partition coefficient (Wildman–Crippen LogP) is 2.66. The molecule has 0 bridgehead atoms. The minimum atomic E-state index is -0.0210. The lowest BCUT2D eigenvalue weighted by Crippen LogP contribution is -3.14. The Balaban J connectivity index is 2.01. The number of rotatable bonds is 7. The van der Waals surface area contributed by atoms with Gasteiger partial charge in [0.05, 0.1) is 33.4 Å². The fourth-order valence-electron chi connectivity index (χ4n) is 4.42. The maximum Gasteiger partial charge on any atom is 0.251 e. The first-order valence-corrected chi connectivity index (χ1v) is 10.4. The lowest BCUT2D eigenvalue weighted by atomic mass is 9.83. The van der Waals surface area contributed by atoms with Gasteiger partial charge in [0.1, 0.15) is 6.04 Å². The van der Waals surface area contributed by atoms with Crippen LogP contribution in [0.2, 0.25) is 0 Å². The Morgan fingerprint density at radius 2 is 1.79 bits per heavy atom. The van der Waals surface area contributed by atoms with Crippen LogP contribution in [0.3, 0.4) is 0 Å². The van der Waals surface area contributed by atoms with Crippen LogP contribution >= 0.6 is 0 Å². The van der Waals surface area contributed by atoms with Crippen LogP contribution in [-0.2, 0) is 6.42 Å². The Hall–Kier alpha value is -2.53. The van der Waals surface area contributed by atoms with Gasteiger partial charge >= 0.3 is 0 Å². The molecule has 5 nitrogen and oxygen atoms in total. The number of likely N-dealkylation sites (N-methyl/N-ethyl adjacent to an activating group) is 1. The van der Waals surface area contributed by atoms with Crippen LogP contribution in [0.1, 0.15) is 48.3 Å². The van der Waals surface area contributed by atoms with Crippen molar-refractivity contribution in [3.63, 3.8) is 0 Å². The van der Waals surface area contributed by atoms with Crippen LogP contribution < -0.4 is 19.7 Å². The number of amides is 1. The van der Waals surface area contributed by atoms with Crippen molar-refractivity contribution in [1.29, 1.82) is 0 Å². The molecule has 5 heteroatoms.